The van der Waals surface area contributed by atoms with E-state index >= 15 is 0 Å². The van der Waals surface area contributed by atoms with E-state index in [2.05, 4.69) is 12.2 Å². The summed E-state index contributed by atoms with van der Waals surface area (Å²) in [5.74, 6) is -1.19. The number of nitrogens with zero attached hydrogens (tertiary/aromatic N) is 1. The van der Waals surface area contributed by atoms with E-state index in [4.69, 9.17) is 5.11 Å². The number of aliphatic carboxylic acids is 1. The molecule has 2 fully saturated rings. The highest BCUT2D eigenvalue weighted by molar-refractivity contribution is 5.76. The van der Waals surface area contributed by atoms with Gasteiger partial charge in [0.25, 0.3) is 0 Å². The summed E-state index contributed by atoms with van der Waals surface area (Å²) in [7, 11) is 0. The molecular weight excluding hydrogens is 244 g/mol. The normalized spacial score (nSPS) is 24.9. The summed E-state index contributed by atoms with van der Waals surface area (Å²) in [6.45, 7) is 3.94. The van der Waals surface area contributed by atoms with Crippen molar-refractivity contribution in [3.05, 3.63) is 0 Å². The van der Waals surface area contributed by atoms with Crippen molar-refractivity contribution in [3.8, 4) is 0 Å². The zero-order valence-electron chi connectivity index (χ0n) is 11.7. The minimum absolute atomic E-state index is 0.0895. The van der Waals surface area contributed by atoms with Crippen molar-refractivity contribution in [2.75, 3.05) is 19.6 Å². The molecule has 0 aromatic rings. The summed E-state index contributed by atoms with van der Waals surface area (Å²) in [4.78, 5) is 24.7. The van der Waals surface area contributed by atoms with Crippen molar-refractivity contribution in [2.24, 2.45) is 11.3 Å². The largest absolute Gasteiger partial charge is 0.481 e. The van der Waals surface area contributed by atoms with Gasteiger partial charge in [-0.05, 0) is 37.5 Å². The number of hydrogen-bond donors (Lipinski definition) is 2. The van der Waals surface area contributed by atoms with Crippen LogP contribution in [0.1, 0.15) is 45.4 Å². The Bertz CT molecular complexity index is 353. The Balaban J connectivity index is 1.78. The molecule has 108 valence electrons. The van der Waals surface area contributed by atoms with Crippen LogP contribution in [0.25, 0.3) is 0 Å². The molecule has 0 aromatic heterocycles. The first-order valence-electron chi connectivity index (χ1n) is 7.32. The number of carbonyl (C=O) groups excluding carboxylic acids is 1. The van der Waals surface area contributed by atoms with E-state index in [1.807, 2.05) is 0 Å². The van der Waals surface area contributed by atoms with Gasteiger partial charge in [-0.25, -0.2) is 4.79 Å². The van der Waals surface area contributed by atoms with Gasteiger partial charge >= 0.3 is 12.0 Å². The molecule has 1 atom stereocenters. The Hall–Kier alpha value is -1.26. The standard InChI is InChI=1S/C14H24N2O3/c1-2-5-14(6-7-14)10-15-13(19)16-8-3-4-11(9-16)12(17)18/h11H,2-10H2,1H3,(H,15,19)(H,17,18)/t11-/m0/s1. The van der Waals surface area contributed by atoms with Crippen LogP contribution in [0.3, 0.4) is 0 Å². The third kappa shape index (κ3) is 3.61. The summed E-state index contributed by atoms with van der Waals surface area (Å²) in [5, 5.41) is 12.0. The molecule has 2 N–H and O–H groups in total. The number of carboxylic acids is 1. The van der Waals surface area contributed by atoms with Crippen molar-refractivity contribution in [1.29, 1.82) is 0 Å². The lowest BCUT2D eigenvalue weighted by molar-refractivity contribution is -0.143. The fourth-order valence-corrected chi connectivity index (χ4v) is 2.96. The van der Waals surface area contributed by atoms with Crippen molar-refractivity contribution in [2.45, 2.75) is 45.4 Å². The zero-order chi connectivity index (χ0) is 13.9. The molecule has 0 radical (unpaired) electrons. The minimum atomic E-state index is -0.790. The van der Waals surface area contributed by atoms with Crippen LogP contribution in [-0.4, -0.2) is 41.6 Å². The number of likely N-dealkylation sites (tertiary alicyclic amines) is 1. The van der Waals surface area contributed by atoms with Gasteiger partial charge in [-0.2, -0.15) is 0 Å². The van der Waals surface area contributed by atoms with Crippen molar-refractivity contribution >= 4 is 12.0 Å². The highest BCUT2D eigenvalue weighted by atomic mass is 16.4. The predicted molar refractivity (Wildman–Crippen MR) is 71.9 cm³/mol. The summed E-state index contributed by atoms with van der Waals surface area (Å²) in [6, 6.07) is -0.0895. The lowest BCUT2D eigenvalue weighted by atomic mass is 9.98. The Morgan fingerprint density at radius 1 is 1.42 bits per heavy atom. The molecule has 5 nitrogen and oxygen atoms in total. The van der Waals surface area contributed by atoms with Crippen LogP contribution in [0, 0.1) is 11.3 Å². The molecule has 1 saturated carbocycles. The highest BCUT2D eigenvalue weighted by Gasteiger charge is 2.41. The quantitative estimate of drug-likeness (QED) is 0.802. The van der Waals surface area contributed by atoms with Crippen LogP contribution >= 0.6 is 0 Å². The van der Waals surface area contributed by atoms with Gasteiger partial charge in [-0.1, -0.05) is 13.3 Å². The molecule has 19 heavy (non-hydrogen) atoms. The third-order valence-corrected chi connectivity index (χ3v) is 4.41. The fraction of sp³-hybridized carbons (Fsp3) is 0.857. The third-order valence-electron chi connectivity index (χ3n) is 4.41. The van der Waals surface area contributed by atoms with Gasteiger partial charge in [0.1, 0.15) is 0 Å². The molecule has 0 bridgehead atoms. The number of nitrogens with one attached hydrogen (secondary N) is 1. The monoisotopic (exact) mass is 268 g/mol. The molecule has 0 unspecified atom stereocenters. The van der Waals surface area contributed by atoms with Crippen LogP contribution in [0.2, 0.25) is 0 Å². The molecule has 5 heteroatoms. The summed E-state index contributed by atoms with van der Waals surface area (Å²) in [6.07, 6.45) is 6.20. The average Bonchev–Trinajstić information content (AvgIpc) is 3.17. The number of piperidine rings is 1. The second-order valence-electron chi connectivity index (χ2n) is 6.03. The SMILES string of the molecule is CCCC1(CNC(=O)N2CCC[C@H](C(=O)O)C2)CC1. The number of rotatable bonds is 5. The van der Waals surface area contributed by atoms with Crippen LogP contribution in [0.15, 0.2) is 0 Å². The van der Waals surface area contributed by atoms with Gasteiger partial charge in [0.2, 0.25) is 0 Å². The predicted octanol–water partition coefficient (Wildman–Crippen LogP) is 2.07. The van der Waals surface area contributed by atoms with E-state index in [1.54, 1.807) is 4.90 Å². The molecule has 2 rings (SSSR count). The smallest absolute Gasteiger partial charge is 0.317 e. The summed E-state index contributed by atoms with van der Waals surface area (Å²) >= 11 is 0. The Kier molecular flexibility index (Phi) is 4.32. The van der Waals surface area contributed by atoms with Gasteiger partial charge in [-0.3, -0.25) is 4.79 Å². The number of amides is 2. The molecule has 1 saturated heterocycles. The lowest BCUT2D eigenvalue weighted by Gasteiger charge is -2.31. The molecule has 0 aromatic carbocycles. The summed E-state index contributed by atoms with van der Waals surface area (Å²) < 4.78 is 0. The van der Waals surface area contributed by atoms with E-state index < -0.39 is 11.9 Å². The molecule has 2 amide bonds. The van der Waals surface area contributed by atoms with E-state index in [0.29, 0.717) is 24.9 Å². The lowest BCUT2D eigenvalue weighted by Crippen LogP contribution is -2.48. The van der Waals surface area contributed by atoms with Crippen LogP contribution < -0.4 is 5.32 Å². The Morgan fingerprint density at radius 2 is 2.16 bits per heavy atom. The zero-order valence-corrected chi connectivity index (χ0v) is 11.7. The van der Waals surface area contributed by atoms with Crippen molar-refractivity contribution < 1.29 is 14.7 Å². The number of carbonyl (C=O) groups is 2. The topological polar surface area (TPSA) is 69.6 Å². The first-order valence-corrected chi connectivity index (χ1v) is 7.32. The van der Waals surface area contributed by atoms with Crippen molar-refractivity contribution in [1.82, 2.24) is 10.2 Å². The maximum Gasteiger partial charge on any atom is 0.317 e. The van der Waals surface area contributed by atoms with E-state index in [0.717, 1.165) is 19.4 Å². The van der Waals surface area contributed by atoms with Gasteiger partial charge in [0.15, 0.2) is 0 Å². The molecule has 1 heterocycles. The first kappa shape index (κ1) is 14.2. The van der Waals surface area contributed by atoms with Crippen LogP contribution in [-0.2, 0) is 4.79 Å². The van der Waals surface area contributed by atoms with Gasteiger partial charge in [-0.15, -0.1) is 0 Å². The molecular formula is C14H24N2O3. The molecule has 1 aliphatic heterocycles. The molecule has 2 aliphatic rings. The number of urea groups is 1. The first-order chi connectivity index (χ1) is 9.06. The molecule has 0 spiro atoms. The van der Waals surface area contributed by atoms with E-state index in [1.165, 1.54) is 19.3 Å². The molecule has 1 aliphatic carbocycles. The van der Waals surface area contributed by atoms with Crippen molar-refractivity contribution in [3.63, 3.8) is 0 Å². The van der Waals surface area contributed by atoms with Crippen LogP contribution in [0.4, 0.5) is 4.79 Å². The highest BCUT2D eigenvalue weighted by Crippen LogP contribution is 2.48. The number of carboxylic acid groups (broad SMARTS) is 1. The second-order valence-corrected chi connectivity index (χ2v) is 6.03. The van der Waals surface area contributed by atoms with Gasteiger partial charge < -0.3 is 15.3 Å². The summed E-state index contributed by atoms with van der Waals surface area (Å²) in [5.41, 5.74) is 0.340. The van der Waals surface area contributed by atoms with E-state index in [9.17, 15) is 9.59 Å². The Morgan fingerprint density at radius 3 is 2.74 bits per heavy atom. The van der Waals surface area contributed by atoms with E-state index in [-0.39, 0.29) is 6.03 Å². The van der Waals surface area contributed by atoms with Gasteiger partial charge in [0, 0.05) is 19.6 Å². The van der Waals surface area contributed by atoms with Crippen LogP contribution in [0.5, 0.6) is 0 Å². The minimum Gasteiger partial charge on any atom is -0.481 e. The second kappa shape index (κ2) is 5.80. The average molecular weight is 268 g/mol. The van der Waals surface area contributed by atoms with Gasteiger partial charge in [0.05, 0.1) is 5.92 Å². The fourth-order valence-electron chi connectivity index (χ4n) is 2.96. The maximum absolute atomic E-state index is 12.1. The Labute approximate surface area is 114 Å². The number of hydrogen-bond acceptors (Lipinski definition) is 2. The maximum atomic E-state index is 12.1.